The topological polar surface area (TPSA) is 169 Å². The van der Waals surface area contributed by atoms with Gasteiger partial charge in [0.2, 0.25) is 5.91 Å². The molecule has 210 valence electrons. The number of H-pyrrole nitrogens is 1. The Morgan fingerprint density at radius 3 is 2.30 bits per heavy atom. The van der Waals surface area contributed by atoms with Crippen molar-refractivity contribution < 1.29 is 14.4 Å². The molecule has 0 bridgehead atoms. The summed E-state index contributed by atoms with van der Waals surface area (Å²) in [6.07, 6.45) is 3.35. The zero-order valence-electron chi connectivity index (χ0n) is 22.5. The molecular weight excluding hydrogens is 550 g/mol. The fraction of sp³-hybridized carbons (Fsp3) is 0.500. The molecule has 3 amide bonds. The van der Waals surface area contributed by atoms with E-state index in [0.717, 1.165) is 27.3 Å². The number of nitrogens with one attached hydrogen (secondary N) is 4. The molecule has 1 fully saturated rings. The molecule has 3 aromatic rings. The van der Waals surface area contributed by atoms with Crippen molar-refractivity contribution in [3.8, 4) is 6.07 Å². The minimum absolute atomic E-state index is 0.0850. The van der Waals surface area contributed by atoms with Gasteiger partial charge in [-0.15, -0.1) is 32.9 Å². The summed E-state index contributed by atoms with van der Waals surface area (Å²) < 4.78 is 0. The molecule has 3 aromatic heterocycles. The third-order valence-corrected chi connectivity index (χ3v) is 10.1. The number of aromatic nitrogens is 4. The Morgan fingerprint density at radius 2 is 1.77 bits per heavy atom. The Labute approximate surface area is 239 Å². The molecule has 12 nitrogen and oxygen atoms in total. The van der Waals surface area contributed by atoms with Crippen LogP contribution in [0.15, 0.2) is 12.1 Å². The van der Waals surface area contributed by atoms with E-state index < -0.39 is 5.41 Å². The Hall–Kier alpha value is -3.67. The van der Waals surface area contributed by atoms with Crippen molar-refractivity contribution in [2.75, 3.05) is 27.2 Å². The van der Waals surface area contributed by atoms with Crippen molar-refractivity contribution in [1.29, 1.82) is 5.26 Å². The number of aryl methyl sites for hydroxylation is 2. The molecule has 5 rings (SSSR count). The molecule has 2 atom stereocenters. The quantitative estimate of drug-likeness (QED) is 0.309. The van der Waals surface area contributed by atoms with Gasteiger partial charge in [-0.2, -0.15) is 10.5 Å². The molecule has 1 aliphatic carbocycles. The maximum absolute atomic E-state index is 13.0. The average Bonchev–Trinajstić information content (AvgIpc) is 3.78. The molecule has 0 radical (unpaired) electrons. The van der Waals surface area contributed by atoms with Crippen LogP contribution in [-0.2, 0) is 23.1 Å². The first-order chi connectivity index (χ1) is 19.3. The molecule has 0 saturated carbocycles. The van der Waals surface area contributed by atoms with Gasteiger partial charge in [-0.3, -0.25) is 14.4 Å². The van der Waals surface area contributed by atoms with Crippen LogP contribution in [0.5, 0.6) is 0 Å². The smallest absolute Gasteiger partial charge is 0.261 e. The van der Waals surface area contributed by atoms with Crippen molar-refractivity contribution in [3.05, 3.63) is 48.6 Å². The zero-order valence-corrected chi connectivity index (χ0v) is 24.2. The number of nitrogens with zero attached hydrogens (tertiary/aromatic N) is 5. The largest absolute Gasteiger partial charge is 0.354 e. The van der Waals surface area contributed by atoms with Gasteiger partial charge >= 0.3 is 0 Å². The Balaban J connectivity index is 1.57. The van der Waals surface area contributed by atoms with E-state index in [1.54, 1.807) is 19.0 Å². The van der Waals surface area contributed by atoms with Crippen molar-refractivity contribution in [3.63, 3.8) is 0 Å². The van der Waals surface area contributed by atoms with Crippen LogP contribution in [0.1, 0.15) is 72.2 Å². The number of fused-ring (bicyclic) bond motifs is 2. The van der Waals surface area contributed by atoms with Crippen LogP contribution in [0, 0.1) is 11.3 Å². The summed E-state index contributed by atoms with van der Waals surface area (Å²) in [5.41, 5.74) is 0.876. The van der Waals surface area contributed by atoms with Crippen LogP contribution < -0.4 is 16.0 Å². The molecule has 0 spiro atoms. The SMILES string of the molecule is CNC(=O)c1cc2c(s1)CCc1sc(C(=O)NC)cc1C2(C[C@@H](C)NCC(=O)N1CCC[C@H]1C#N)c1nn[nH]n1. The molecule has 1 aliphatic heterocycles. The molecule has 14 heteroatoms. The predicted octanol–water partition coefficient (Wildman–Crippen LogP) is 1.36. The second-order valence-corrected chi connectivity index (χ2v) is 12.3. The summed E-state index contributed by atoms with van der Waals surface area (Å²) in [6.45, 7) is 2.66. The highest BCUT2D eigenvalue weighted by Gasteiger charge is 2.48. The van der Waals surface area contributed by atoms with Crippen LogP contribution in [0.3, 0.4) is 0 Å². The lowest BCUT2D eigenvalue weighted by atomic mass is 9.70. The molecule has 2 aliphatic rings. The number of aromatic amines is 1. The van der Waals surface area contributed by atoms with Gasteiger partial charge in [-0.1, -0.05) is 5.21 Å². The lowest BCUT2D eigenvalue weighted by Gasteiger charge is -2.34. The number of tetrazole rings is 1. The first-order valence-corrected chi connectivity index (χ1v) is 14.8. The summed E-state index contributed by atoms with van der Waals surface area (Å²) in [4.78, 5) is 43.3. The maximum Gasteiger partial charge on any atom is 0.261 e. The fourth-order valence-electron chi connectivity index (χ4n) is 5.78. The zero-order chi connectivity index (χ0) is 28.4. The van der Waals surface area contributed by atoms with Gasteiger partial charge in [0, 0.05) is 36.4 Å². The summed E-state index contributed by atoms with van der Waals surface area (Å²) in [5.74, 6) is -0.0256. The number of carbonyl (C=O) groups is 3. The number of likely N-dealkylation sites (tertiary alicyclic amines) is 1. The lowest BCUT2D eigenvalue weighted by molar-refractivity contribution is -0.130. The van der Waals surface area contributed by atoms with Gasteiger partial charge in [0.1, 0.15) is 6.04 Å². The minimum Gasteiger partial charge on any atom is -0.354 e. The lowest BCUT2D eigenvalue weighted by Crippen LogP contribution is -2.45. The molecule has 4 heterocycles. The number of amides is 3. The van der Waals surface area contributed by atoms with Crippen molar-refractivity contribution in [2.24, 2.45) is 0 Å². The second kappa shape index (κ2) is 11.4. The normalized spacial score (nSPS) is 18.2. The van der Waals surface area contributed by atoms with Crippen LogP contribution in [-0.4, -0.2) is 82.5 Å². The van der Waals surface area contributed by atoms with E-state index in [2.05, 4.69) is 42.6 Å². The second-order valence-electron chi connectivity index (χ2n) is 10.1. The van der Waals surface area contributed by atoms with E-state index in [1.165, 1.54) is 22.7 Å². The van der Waals surface area contributed by atoms with E-state index in [0.29, 0.717) is 47.8 Å². The highest BCUT2D eigenvalue weighted by atomic mass is 32.1. The van der Waals surface area contributed by atoms with Gasteiger partial charge in [0.15, 0.2) is 5.82 Å². The highest BCUT2D eigenvalue weighted by Crippen LogP contribution is 2.50. The average molecular weight is 582 g/mol. The van der Waals surface area contributed by atoms with Crippen LogP contribution in [0.2, 0.25) is 0 Å². The first-order valence-electron chi connectivity index (χ1n) is 13.2. The Kier molecular flexibility index (Phi) is 7.97. The third-order valence-electron chi connectivity index (χ3n) is 7.68. The summed E-state index contributed by atoms with van der Waals surface area (Å²) in [5, 5.41) is 33.6. The van der Waals surface area contributed by atoms with Crippen molar-refractivity contribution in [1.82, 2.24) is 41.5 Å². The molecule has 0 aromatic carbocycles. The van der Waals surface area contributed by atoms with E-state index >= 15 is 0 Å². The third kappa shape index (κ3) is 4.89. The van der Waals surface area contributed by atoms with Gasteiger partial charge in [0.05, 0.1) is 27.8 Å². The van der Waals surface area contributed by atoms with Crippen LogP contribution in [0.4, 0.5) is 0 Å². The van der Waals surface area contributed by atoms with Gasteiger partial charge in [-0.05, 0) is 62.3 Å². The van der Waals surface area contributed by atoms with Gasteiger partial charge in [0.25, 0.3) is 11.8 Å². The van der Waals surface area contributed by atoms with Crippen LogP contribution in [0.25, 0.3) is 0 Å². The van der Waals surface area contributed by atoms with E-state index in [-0.39, 0.29) is 36.3 Å². The number of rotatable bonds is 8. The number of hydrogen-bond donors (Lipinski definition) is 4. The summed E-state index contributed by atoms with van der Waals surface area (Å²) in [6, 6.07) is 5.43. The molecule has 0 unspecified atom stereocenters. The van der Waals surface area contributed by atoms with E-state index in [9.17, 15) is 19.6 Å². The molecule has 4 N–H and O–H groups in total. The highest BCUT2D eigenvalue weighted by molar-refractivity contribution is 7.15. The predicted molar refractivity (Wildman–Crippen MR) is 149 cm³/mol. The van der Waals surface area contributed by atoms with Crippen molar-refractivity contribution >= 4 is 40.4 Å². The number of nitriles is 1. The minimum atomic E-state index is -0.933. The Morgan fingerprint density at radius 1 is 1.15 bits per heavy atom. The number of carbonyl (C=O) groups excluding carboxylic acids is 3. The maximum atomic E-state index is 13.0. The monoisotopic (exact) mass is 581 g/mol. The molecule has 1 saturated heterocycles. The summed E-state index contributed by atoms with van der Waals surface area (Å²) >= 11 is 2.90. The Bertz CT molecular complexity index is 1390. The first kappa shape index (κ1) is 27.9. The van der Waals surface area contributed by atoms with E-state index in [4.69, 9.17) is 0 Å². The number of thiophene rings is 2. The number of hydrogen-bond acceptors (Lipinski definition) is 10. The summed E-state index contributed by atoms with van der Waals surface area (Å²) in [7, 11) is 3.21. The molecular formula is C26H31N9O3S2. The van der Waals surface area contributed by atoms with Gasteiger partial charge < -0.3 is 20.9 Å². The fourth-order valence-corrected chi connectivity index (χ4v) is 8.15. The van der Waals surface area contributed by atoms with E-state index in [1.807, 2.05) is 19.1 Å². The van der Waals surface area contributed by atoms with Crippen LogP contribution >= 0.6 is 22.7 Å². The molecule has 40 heavy (non-hydrogen) atoms. The standard InChI is InChI=1S/C26H31N9O3S2/c1-14(30-13-22(36)35-8-4-5-15(35)12-27)11-26(25-31-33-34-32-25)16-9-20(23(37)28-2)39-18(16)6-7-19-17(26)10-21(40-19)24(38)29-3/h9-10,14-15,30H,4-8,11,13H2,1-3H3,(H,28,37)(H,29,38)(H,31,32,33,34)/t14-,15+/m1/s1. The van der Waals surface area contributed by atoms with Gasteiger partial charge in [-0.25, -0.2) is 0 Å². The van der Waals surface area contributed by atoms with Crippen molar-refractivity contribution in [2.45, 2.75) is 56.5 Å².